The molecule has 3 aliphatic heterocycles. The second-order valence-corrected chi connectivity index (χ2v) is 7.78. The Bertz CT molecular complexity index is 622. The molecular formula is C20H27FN2O2. The summed E-state index contributed by atoms with van der Waals surface area (Å²) in [6.07, 6.45) is 5.86. The summed E-state index contributed by atoms with van der Waals surface area (Å²) < 4.78 is 19.5. The van der Waals surface area contributed by atoms with Crippen molar-refractivity contribution in [3.8, 4) is 0 Å². The van der Waals surface area contributed by atoms with Crippen LogP contribution in [-0.4, -0.2) is 60.1 Å². The number of carbonyl (C=O) groups excluding carboxylic acids is 1. The van der Waals surface area contributed by atoms with Gasteiger partial charge in [-0.3, -0.25) is 9.69 Å². The summed E-state index contributed by atoms with van der Waals surface area (Å²) in [6.45, 7) is 4.77. The first-order valence-electron chi connectivity index (χ1n) is 9.54. The number of hydrogen-bond donors (Lipinski definition) is 0. The van der Waals surface area contributed by atoms with Crippen LogP contribution in [0.3, 0.4) is 0 Å². The standard InChI is InChI=1S/C20H27FN2O2/c21-17-5-3-4-16(12-17)13-19(24)23-10-6-20(7-11-23)14-18(15-25-20)22-8-1-2-9-22/h3-5,12,18H,1-2,6-11,13-15H2/t18-/m0/s1. The van der Waals surface area contributed by atoms with E-state index in [0.717, 1.165) is 44.5 Å². The lowest BCUT2D eigenvalue weighted by molar-refractivity contribution is -0.135. The third-order valence-corrected chi connectivity index (χ3v) is 6.12. The van der Waals surface area contributed by atoms with Crippen LogP contribution in [0.15, 0.2) is 24.3 Å². The minimum atomic E-state index is -0.282. The van der Waals surface area contributed by atoms with Gasteiger partial charge in [0, 0.05) is 19.1 Å². The predicted octanol–water partition coefficient (Wildman–Crippen LogP) is 2.61. The topological polar surface area (TPSA) is 32.8 Å². The van der Waals surface area contributed by atoms with Crippen LogP contribution < -0.4 is 0 Å². The van der Waals surface area contributed by atoms with E-state index in [-0.39, 0.29) is 23.7 Å². The lowest BCUT2D eigenvalue weighted by Gasteiger charge is -2.39. The van der Waals surface area contributed by atoms with Crippen molar-refractivity contribution in [3.05, 3.63) is 35.6 Å². The lowest BCUT2D eigenvalue weighted by atomic mass is 9.87. The molecule has 3 heterocycles. The van der Waals surface area contributed by atoms with Crippen molar-refractivity contribution in [2.75, 3.05) is 32.8 Å². The maximum atomic E-state index is 13.3. The van der Waals surface area contributed by atoms with Crippen LogP contribution in [0.25, 0.3) is 0 Å². The van der Waals surface area contributed by atoms with Crippen LogP contribution in [0.4, 0.5) is 4.39 Å². The Balaban J connectivity index is 1.30. The minimum Gasteiger partial charge on any atom is -0.373 e. The van der Waals surface area contributed by atoms with Gasteiger partial charge in [-0.05, 0) is 62.9 Å². The fourth-order valence-electron chi connectivity index (χ4n) is 4.61. The number of likely N-dealkylation sites (tertiary alicyclic amines) is 2. The van der Waals surface area contributed by atoms with E-state index in [4.69, 9.17) is 4.74 Å². The number of benzene rings is 1. The number of nitrogens with zero attached hydrogens (tertiary/aromatic N) is 2. The molecule has 1 atom stereocenters. The summed E-state index contributed by atoms with van der Waals surface area (Å²) in [5, 5.41) is 0. The largest absolute Gasteiger partial charge is 0.373 e. The highest BCUT2D eigenvalue weighted by Crippen LogP contribution is 2.38. The molecule has 1 spiro atoms. The number of ether oxygens (including phenoxy) is 1. The number of amides is 1. The molecule has 0 N–H and O–H groups in total. The molecule has 3 fully saturated rings. The van der Waals surface area contributed by atoms with Gasteiger partial charge < -0.3 is 9.64 Å². The average Bonchev–Trinajstić information content (AvgIpc) is 3.26. The Labute approximate surface area is 148 Å². The molecular weight excluding hydrogens is 319 g/mol. The maximum absolute atomic E-state index is 13.3. The van der Waals surface area contributed by atoms with Gasteiger partial charge in [0.2, 0.25) is 5.91 Å². The van der Waals surface area contributed by atoms with Gasteiger partial charge in [-0.25, -0.2) is 4.39 Å². The van der Waals surface area contributed by atoms with Crippen LogP contribution in [0, 0.1) is 5.82 Å². The van der Waals surface area contributed by atoms with Crippen molar-refractivity contribution in [2.24, 2.45) is 0 Å². The van der Waals surface area contributed by atoms with Crippen LogP contribution in [0.2, 0.25) is 0 Å². The molecule has 0 saturated carbocycles. The van der Waals surface area contributed by atoms with Gasteiger partial charge in [-0.2, -0.15) is 0 Å². The summed E-state index contributed by atoms with van der Waals surface area (Å²) in [5.74, 6) is -0.190. The average molecular weight is 346 g/mol. The van der Waals surface area contributed by atoms with Gasteiger partial charge in [0.15, 0.2) is 0 Å². The molecule has 3 aliphatic rings. The van der Waals surface area contributed by atoms with E-state index < -0.39 is 0 Å². The number of piperidine rings is 1. The third-order valence-electron chi connectivity index (χ3n) is 6.12. The van der Waals surface area contributed by atoms with Crippen molar-refractivity contribution in [1.29, 1.82) is 0 Å². The molecule has 5 heteroatoms. The predicted molar refractivity (Wildman–Crippen MR) is 93.8 cm³/mol. The van der Waals surface area contributed by atoms with Crippen LogP contribution in [0.1, 0.15) is 37.7 Å². The number of carbonyl (C=O) groups is 1. The van der Waals surface area contributed by atoms with Gasteiger partial charge in [0.25, 0.3) is 0 Å². The van der Waals surface area contributed by atoms with Crippen molar-refractivity contribution >= 4 is 5.91 Å². The van der Waals surface area contributed by atoms with Gasteiger partial charge in [0.05, 0.1) is 18.6 Å². The fraction of sp³-hybridized carbons (Fsp3) is 0.650. The fourth-order valence-corrected chi connectivity index (χ4v) is 4.61. The van der Waals surface area contributed by atoms with Crippen LogP contribution >= 0.6 is 0 Å². The Hall–Kier alpha value is -1.46. The second kappa shape index (κ2) is 7.04. The van der Waals surface area contributed by atoms with Crippen molar-refractivity contribution < 1.29 is 13.9 Å². The molecule has 4 nitrogen and oxygen atoms in total. The minimum absolute atomic E-state index is 0.0249. The van der Waals surface area contributed by atoms with E-state index in [2.05, 4.69) is 4.90 Å². The normalized spacial score (nSPS) is 26.4. The van der Waals surface area contributed by atoms with Crippen LogP contribution in [0.5, 0.6) is 0 Å². The molecule has 136 valence electrons. The highest BCUT2D eigenvalue weighted by molar-refractivity contribution is 5.78. The maximum Gasteiger partial charge on any atom is 0.226 e. The molecule has 0 radical (unpaired) electrons. The van der Waals surface area contributed by atoms with Crippen molar-refractivity contribution in [1.82, 2.24) is 9.80 Å². The van der Waals surface area contributed by atoms with Crippen molar-refractivity contribution in [3.63, 3.8) is 0 Å². The van der Waals surface area contributed by atoms with E-state index in [9.17, 15) is 9.18 Å². The number of rotatable bonds is 3. The zero-order valence-electron chi connectivity index (χ0n) is 14.8. The first kappa shape index (κ1) is 17.0. The van der Waals surface area contributed by atoms with E-state index >= 15 is 0 Å². The first-order chi connectivity index (χ1) is 12.1. The number of halogens is 1. The molecule has 25 heavy (non-hydrogen) atoms. The Morgan fingerprint density at radius 1 is 1.20 bits per heavy atom. The van der Waals surface area contributed by atoms with Gasteiger partial charge in [0.1, 0.15) is 5.82 Å². The zero-order chi connectivity index (χ0) is 17.3. The molecule has 4 rings (SSSR count). The number of hydrogen-bond acceptors (Lipinski definition) is 3. The smallest absolute Gasteiger partial charge is 0.226 e. The SMILES string of the molecule is O=C(Cc1cccc(F)c1)N1CCC2(CC1)C[C@H](N1CCCC1)CO2. The summed E-state index contributed by atoms with van der Waals surface area (Å²) in [4.78, 5) is 17.0. The molecule has 0 aliphatic carbocycles. The summed E-state index contributed by atoms with van der Waals surface area (Å²) in [6, 6.07) is 6.90. The van der Waals surface area contributed by atoms with Gasteiger partial charge in [-0.1, -0.05) is 12.1 Å². The Morgan fingerprint density at radius 2 is 1.96 bits per heavy atom. The molecule has 1 amide bonds. The van der Waals surface area contributed by atoms with Gasteiger partial charge in [-0.15, -0.1) is 0 Å². The molecule has 0 aromatic heterocycles. The highest BCUT2D eigenvalue weighted by Gasteiger charge is 2.45. The van der Waals surface area contributed by atoms with E-state index in [0.29, 0.717) is 6.04 Å². The first-order valence-corrected chi connectivity index (χ1v) is 9.54. The van der Waals surface area contributed by atoms with E-state index in [1.807, 2.05) is 11.0 Å². The Morgan fingerprint density at radius 3 is 2.68 bits per heavy atom. The molecule has 3 saturated heterocycles. The summed E-state index contributed by atoms with van der Waals surface area (Å²) >= 11 is 0. The lowest BCUT2D eigenvalue weighted by Crippen LogP contribution is -2.47. The van der Waals surface area contributed by atoms with Gasteiger partial charge >= 0.3 is 0 Å². The quantitative estimate of drug-likeness (QED) is 0.843. The van der Waals surface area contributed by atoms with Crippen LogP contribution in [-0.2, 0) is 16.0 Å². The third kappa shape index (κ3) is 3.72. The summed E-state index contributed by atoms with van der Waals surface area (Å²) in [7, 11) is 0. The zero-order valence-corrected chi connectivity index (χ0v) is 14.8. The highest BCUT2D eigenvalue weighted by atomic mass is 19.1. The van der Waals surface area contributed by atoms with E-state index in [1.165, 1.54) is 38.1 Å². The molecule has 1 aromatic carbocycles. The molecule has 0 unspecified atom stereocenters. The Kier molecular flexibility index (Phi) is 4.78. The summed E-state index contributed by atoms with van der Waals surface area (Å²) in [5.41, 5.74) is 0.722. The monoisotopic (exact) mass is 346 g/mol. The van der Waals surface area contributed by atoms with E-state index in [1.54, 1.807) is 6.07 Å². The molecule has 1 aromatic rings. The van der Waals surface area contributed by atoms with Crippen molar-refractivity contribution in [2.45, 2.75) is 50.2 Å². The molecule has 0 bridgehead atoms. The second-order valence-electron chi connectivity index (χ2n) is 7.78.